The third kappa shape index (κ3) is 4.79. The molecule has 1 saturated heterocycles. The second kappa shape index (κ2) is 9.92. The van der Waals surface area contributed by atoms with Gasteiger partial charge in [-0.25, -0.2) is 9.37 Å². The van der Waals surface area contributed by atoms with Gasteiger partial charge in [0.1, 0.15) is 11.9 Å². The predicted molar refractivity (Wildman–Crippen MR) is 137 cm³/mol. The highest BCUT2D eigenvalue weighted by Crippen LogP contribution is 2.33. The number of amides is 2. The molecule has 35 heavy (non-hydrogen) atoms. The van der Waals surface area contributed by atoms with E-state index in [1.165, 1.54) is 11.0 Å². The molecule has 0 bridgehead atoms. The van der Waals surface area contributed by atoms with Crippen LogP contribution in [0.4, 0.5) is 10.1 Å². The standard InChI is InChI=1S/C27H25FN4O2S/c1-35-25-7-3-2-5-19(25)18-9-11-24(20(28)15-18)32-12-4-6-22(27(32)34)31-26(33)14-17-8-10-21-23(13-17)30-16-29-21/h2-3,5,7-11,13,15-16,22H,4,6,12,14H2,1H3,(H,29,30)(H,31,33). The Kier molecular flexibility index (Phi) is 6.55. The van der Waals surface area contributed by atoms with E-state index in [0.717, 1.165) is 32.6 Å². The fraction of sp³-hybridized carbons (Fsp3) is 0.222. The van der Waals surface area contributed by atoms with Gasteiger partial charge in [-0.2, -0.15) is 0 Å². The fourth-order valence-corrected chi connectivity index (χ4v) is 5.17. The smallest absolute Gasteiger partial charge is 0.249 e. The molecule has 0 saturated carbocycles. The monoisotopic (exact) mass is 488 g/mol. The summed E-state index contributed by atoms with van der Waals surface area (Å²) in [7, 11) is 0. The molecule has 2 N–H and O–H groups in total. The number of aromatic nitrogens is 2. The molecule has 2 amide bonds. The maximum absolute atomic E-state index is 15.2. The number of piperidine rings is 1. The summed E-state index contributed by atoms with van der Waals surface area (Å²) in [4.78, 5) is 35.6. The molecule has 1 aliphatic rings. The molecule has 1 atom stereocenters. The van der Waals surface area contributed by atoms with Crippen LogP contribution < -0.4 is 10.2 Å². The molecule has 0 aliphatic carbocycles. The Morgan fingerprint density at radius 2 is 2.06 bits per heavy atom. The van der Waals surface area contributed by atoms with Crippen LogP contribution in [0.5, 0.6) is 0 Å². The third-order valence-corrected chi connectivity index (χ3v) is 7.08. The zero-order valence-electron chi connectivity index (χ0n) is 19.3. The number of imidazole rings is 1. The molecule has 0 spiro atoms. The minimum Gasteiger partial charge on any atom is -0.345 e. The quantitative estimate of drug-likeness (QED) is 0.377. The van der Waals surface area contributed by atoms with E-state index in [-0.39, 0.29) is 23.9 Å². The molecule has 0 radical (unpaired) electrons. The number of carbonyl (C=O) groups excluding carboxylic acids is 2. The number of benzene rings is 3. The molecule has 178 valence electrons. The Hall–Kier alpha value is -3.65. The van der Waals surface area contributed by atoms with Crippen LogP contribution in [0.2, 0.25) is 0 Å². The van der Waals surface area contributed by atoms with Crippen molar-refractivity contribution in [3.63, 3.8) is 0 Å². The minimum atomic E-state index is -0.677. The molecule has 5 rings (SSSR count). The van der Waals surface area contributed by atoms with E-state index in [2.05, 4.69) is 15.3 Å². The summed E-state index contributed by atoms with van der Waals surface area (Å²) < 4.78 is 15.2. The maximum Gasteiger partial charge on any atom is 0.249 e. The van der Waals surface area contributed by atoms with Gasteiger partial charge >= 0.3 is 0 Å². The number of fused-ring (bicyclic) bond motifs is 1. The van der Waals surface area contributed by atoms with Gasteiger partial charge in [0, 0.05) is 11.4 Å². The van der Waals surface area contributed by atoms with Crippen molar-refractivity contribution in [2.24, 2.45) is 0 Å². The summed E-state index contributed by atoms with van der Waals surface area (Å²) in [6.45, 7) is 0.416. The molecule has 1 aliphatic heterocycles. The second-order valence-electron chi connectivity index (χ2n) is 8.55. The van der Waals surface area contributed by atoms with Gasteiger partial charge in [-0.3, -0.25) is 9.59 Å². The summed E-state index contributed by atoms with van der Waals surface area (Å²) in [5, 5.41) is 2.85. The molecule has 8 heteroatoms. The predicted octanol–water partition coefficient (Wildman–Crippen LogP) is 4.95. The number of hydrogen-bond donors (Lipinski definition) is 2. The largest absolute Gasteiger partial charge is 0.345 e. The summed E-state index contributed by atoms with van der Waals surface area (Å²) >= 11 is 1.60. The van der Waals surface area contributed by atoms with Gasteiger partial charge in [-0.15, -0.1) is 11.8 Å². The van der Waals surface area contributed by atoms with Crippen LogP contribution in [0.25, 0.3) is 22.2 Å². The van der Waals surface area contributed by atoms with Gasteiger partial charge in [0.2, 0.25) is 11.8 Å². The minimum absolute atomic E-state index is 0.149. The van der Waals surface area contributed by atoms with Crippen molar-refractivity contribution in [2.45, 2.75) is 30.2 Å². The Labute approximate surface area is 206 Å². The van der Waals surface area contributed by atoms with E-state index in [1.54, 1.807) is 24.2 Å². The number of nitrogens with one attached hydrogen (secondary N) is 2. The lowest BCUT2D eigenvalue weighted by molar-refractivity contribution is -0.128. The Balaban J connectivity index is 1.29. The van der Waals surface area contributed by atoms with Crippen LogP contribution in [-0.4, -0.2) is 40.6 Å². The molecule has 1 unspecified atom stereocenters. The number of rotatable bonds is 6. The van der Waals surface area contributed by atoms with E-state index in [4.69, 9.17) is 0 Å². The van der Waals surface area contributed by atoms with Gasteiger partial charge in [-0.05, 0) is 66.1 Å². The molecule has 2 heterocycles. The van der Waals surface area contributed by atoms with Crippen molar-refractivity contribution in [3.05, 3.63) is 78.4 Å². The van der Waals surface area contributed by atoms with Gasteiger partial charge in [0.15, 0.2) is 0 Å². The normalized spacial score (nSPS) is 16.0. The van der Waals surface area contributed by atoms with Gasteiger partial charge in [0.05, 0.1) is 29.5 Å². The highest BCUT2D eigenvalue weighted by molar-refractivity contribution is 7.98. The number of H-pyrrole nitrogens is 1. The van der Waals surface area contributed by atoms with Crippen LogP contribution in [0.15, 0.2) is 71.9 Å². The Bertz CT molecular complexity index is 1400. The van der Waals surface area contributed by atoms with E-state index in [1.807, 2.05) is 54.8 Å². The summed E-state index contributed by atoms with van der Waals surface area (Å²) in [5.74, 6) is -0.982. The van der Waals surface area contributed by atoms with Crippen molar-refractivity contribution in [3.8, 4) is 11.1 Å². The van der Waals surface area contributed by atoms with Gasteiger partial charge in [0.25, 0.3) is 0 Å². The van der Waals surface area contributed by atoms with Crippen molar-refractivity contribution in [1.82, 2.24) is 15.3 Å². The Morgan fingerprint density at radius 1 is 1.20 bits per heavy atom. The maximum atomic E-state index is 15.2. The van der Waals surface area contributed by atoms with Crippen molar-refractivity contribution >= 4 is 40.3 Å². The van der Waals surface area contributed by atoms with Crippen molar-refractivity contribution < 1.29 is 14.0 Å². The number of thioether (sulfide) groups is 1. The lowest BCUT2D eigenvalue weighted by Crippen LogP contribution is -2.53. The lowest BCUT2D eigenvalue weighted by atomic mass is 10.0. The van der Waals surface area contributed by atoms with Crippen LogP contribution in [-0.2, 0) is 16.0 Å². The number of anilines is 1. The van der Waals surface area contributed by atoms with Crippen LogP contribution in [0, 0.1) is 5.82 Å². The number of nitrogens with zero attached hydrogens (tertiary/aromatic N) is 2. The summed E-state index contributed by atoms with van der Waals surface area (Å²) in [6.07, 6.45) is 4.95. The molecule has 3 aromatic carbocycles. The van der Waals surface area contributed by atoms with Crippen LogP contribution in [0.1, 0.15) is 18.4 Å². The topological polar surface area (TPSA) is 78.1 Å². The van der Waals surface area contributed by atoms with Gasteiger partial charge < -0.3 is 15.2 Å². The zero-order valence-corrected chi connectivity index (χ0v) is 20.1. The summed E-state index contributed by atoms with van der Waals surface area (Å²) in [5.41, 5.74) is 4.47. The first kappa shape index (κ1) is 23.1. The SMILES string of the molecule is CSc1ccccc1-c1ccc(N2CCCC(NC(=O)Cc3ccc4nc[nH]c4c3)C2=O)c(F)c1. The fourth-order valence-electron chi connectivity index (χ4n) is 4.55. The number of hydrogen-bond acceptors (Lipinski definition) is 4. The Morgan fingerprint density at radius 3 is 2.89 bits per heavy atom. The van der Waals surface area contributed by atoms with Crippen LogP contribution in [0.3, 0.4) is 0 Å². The molecular weight excluding hydrogens is 463 g/mol. The molecule has 6 nitrogen and oxygen atoms in total. The molecule has 1 fully saturated rings. The first-order valence-corrected chi connectivity index (χ1v) is 12.7. The van der Waals surface area contributed by atoms with E-state index in [0.29, 0.717) is 19.4 Å². The number of aromatic amines is 1. The first-order valence-electron chi connectivity index (χ1n) is 11.5. The van der Waals surface area contributed by atoms with E-state index >= 15 is 4.39 Å². The van der Waals surface area contributed by atoms with Crippen LogP contribution >= 0.6 is 11.8 Å². The average molecular weight is 489 g/mol. The van der Waals surface area contributed by atoms with E-state index in [9.17, 15) is 9.59 Å². The number of carbonyl (C=O) groups is 2. The molecular formula is C27H25FN4O2S. The molecule has 1 aromatic heterocycles. The van der Waals surface area contributed by atoms with Crippen molar-refractivity contribution in [2.75, 3.05) is 17.7 Å². The first-order chi connectivity index (χ1) is 17.0. The highest BCUT2D eigenvalue weighted by atomic mass is 32.2. The zero-order chi connectivity index (χ0) is 24.4. The highest BCUT2D eigenvalue weighted by Gasteiger charge is 2.32. The lowest BCUT2D eigenvalue weighted by Gasteiger charge is -2.33. The van der Waals surface area contributed by atoms with Gasteiger partial charge in [-0.1, -0.05) is 30.3 Å². The van der Waals surface area contributed by atoms with E-state index < -0.39 is 11.9 Å². The number of halogens is 1. The second-order valence-corrected chi connectivity index (χ2v) is 9.40. The summed E-state index contributed by atoms with van der Waals surface area (Å²) in [6, 6.07) is 17.7. The third-order valence-electron chi connectivity index (χ3n) is 6.28. The average Bonchev–Trinajstić information content (AvgIpc) is 3.33. The molecule has 4 aromatic rings. The van der Waals surface area contributed by atoms with Crippen molar-refractivity contribution in [1.29, 1.82) is 0 Å².